The van der Waals surface area contributed by atoms with Crippen LogP contribution in [0.25, 0.3) is 0 Å². The molecule has 0 radical (unpaired) electrons. The molecule has 1 heterocycles. The first kappa shape index (κ1) is 16.2. The molecule has 1 aliphatic rings. The van der Waals surface area contributed by atoms with E-state index in [1.807, 2.05) is 6.92 Å². The second kappa shape index (κ2) is 7.50. The van der Waals surface area contributed by atoms with E-state index < -0.39 is 0 Å². The van der Waals surface area contributed by atoms with Crippen molar-refractivity contribution < 1.29 is 9.59 Å². The average Bonchev–Trinajstić information content (AvgIpc) is 2.63. The first-order valence-corrected chi connectivity index (χ1v) is 5.85. The van der Waals surface area contributed by atoms with Gasteiger partial charge in [0.05, 0.1) is 0 Å². The summed E-state index contributed by atoms with van der Waals surface area (Å²) in [7, 11) is 0. The molecule has 1 rings (SSSR count). The van der Waals surface area contributed by atoms with E-state index in [1.54, 1.807) is 11.8 Å². The minimum Gasteiger partial charge on any atom is -0.351 e. The number of hydrogen-bond donors (Lipinski definition) is 2. The molecular weight excluding hydrogens is 242 g/mol. The Bertz CT molecular complexity index is 271. The molecule has 1 fully saturated rings. The van der Waals surface area contributed by atoms with Gasteiger partial charge in [0.25, 0.3) is 0 Å². The highest BCUT2D eigenvalue weighted by Gasteiger charge is 2.26. The lowest BCUT2D eigenvalue weighted by Gasteiger charge is -2.16. The van der Waals surface area contributed by atoms with Crippen LogP contribution in [0.1, 0.15) is 33.1 Å². The molecule has 0 aliphatic carbocycles. The zero-order valence-electron chi connectivity index (χ0n) is 10.4. The van der Waals surface area contributed by atoms with Crippen LogP contribution in [0.3, 0.4) is 0 Å². The zero-order chi connectivity index (χ0) is 12.1. The van der Waals surface area contributed by atoms with Crippen molar-refractivity contribution in [3.05, 3.63) is 0 Å². The van der Waals surface area contributed by atoms with E-state index >= 15 is 0 Å². The maximum Gasteiger partial charge on any atom is 0.222 e. The first-order chi connectivity index (χ1) is 7.52. The number of nitrogens with two attached hydrogens (primary N) is 1. The van der Waals surface area contributed by atoms with Crippen molar-refractivity contribution in [2.45, 2.75) is 45.2 Å². The number of carbonyl (C=O) groups excluding carboxylic acids is 2. The molecule has 1 saturated heterocycles. The van der Waals surface area contributed by atoms with Crippen LogP contribution in [0, 0.1) is 0 Å². The minimum absolute atomic E-state index is 0. The van der Waals surface area contributed by atoms with Crippen LogP contribution in [0.2, 0.25) is 0 Å². The number of likely N-dealkylation sites (tertiary alicyclic amines) is 1. The summed E-state index contributed by atoms with van der Waals surface area (Å²) in [6, 6.07) is -0.0171. The van der Waals surface area contributed by atoms with Crippen LogP contribution >= 0.6 is 12.4 Å². The fourth-order valence-electron chi connectivity index (χ4n) is 1.91. The van der Waals surface area contributed by atoms with Gasteiger partial charge in [-0.1, -0.05) is 6.92 Å². The first-order valence-electron chi connectivity index (χ1n) is 5.85. The molecule has 100 valence electrons. The zero-order valence-corrected chi connectivity index (χ0v) is 11.3. The lowest BCUT2D eigenvalue weighted by atomic mass is 10.2. The fraction of sp³-hybridized carbons (Fsp3) is 0.818. The highest BCUT2D eigenvalue weighted by atomic mass is 35.5. The van der Waals surface area contributed by atoms with Gasteiger partial charge in [-0.05, 0) is 13.3 Å². The van der Waals surface area contributed by atoms with Crippen LogP contribution in [0.4, 0.5) is 0 Å². The lowest BCUT2D eigenvalue weighted by Crippen LogP contribution is -2.40. The second-order valence-electron chi connectivity index (χ2n) is 4.43. The topological polar surface area (TPSA) is 75.4 Å². The third-order valence-electron chi connectivity index (χ3n) is 2.72. The van der Waals surface area contributed by atoms with Crippen LogP contribution in [0.15, 0.2) is 0 Å². The van der Waals surface area contributed by atoms with E-state index in [9.17, 15) is 9.59 Å². The summed E-state index contributed by atoms with van der Waals surface area (Å²) in [4.78, 5) is 24.7. The van der Waals surface area contributed by atoms with Gasteiger partial charge >= 0.3 is 0 Å². The lowest BCUT2D eigenvalue weighted by molar-refractivity contribution is -0.130. The molecule has 1 aliphatic heterocycles. The van der Waals surface area contributed by atoms with Gasteiger partial charge in [0.1, 0.15) is 0 Å². The van der Waals surface area contributed by atoms with Crippen molar-refractivity contribution in [2.75, 3.05) is 13.1 Å². The van der Waals surface area contributed by atoms with Gasteiger partial charge in [0.2, 0.25) is 11.8 Å². The van der Waals surface area contributed by atoms with Gasteiger partial charge in [-0.25, -0.2) is 0 Å². The number of halogens is 1. The van der Waals surface area contributed by atoms with Crippen LogP contribution in [-0.4, -0.2) is 41.9 Å². The Hall–Kier alpha value is -0.810. The predicted molar refractivity (Wildman–Crippen MR) is 68.9 cm³/mol. The fourth-order valence-corrected chi connectivity index (χ4v) is 1.91. The van der Waals surface area contributed by atoms with E-state index in [4.69, 9.17) is 5.73 Å². The summed E-state index contributed by atoms with van der Waals surface area (Å²) in [6.07, 6.45) is 1.72. The molecule has 0 aromatic rings. The third kappa shape index (κ3) is 5.37. The highest BCUT2D eigenvalue weighted by molar-refractivity contribution is 5.85. The Morgan fingerprint density at radius 2 is 2.18 bits per heavy atom. The van der Waals surface area contributed by atoms with Gasteiger partial charge < -0.3 is 16.0 Å². The third-order valence-corrected chi connectivity index (χ3v) is 2.72. The van der Waals surface area contributed by atoms with E-state index in [1.165, 1.54) is 0 Å². The largest absolute Gasteiger partial charge is 0.351 e. The maximum atomic E-state index is 11.5. The van der Waals surface area contributed by atoms with Crippen molar-refractivity contribution in [1.29, 1.82) is 0 Å². The molecule has 2 unspecified atom stereocenters. The Kier molecular flexibility index (Phi) is 7.15. The summed E-state index contributed by atoms with van der Waals surface area (Å²) in [5, 5.41) is 2.91. The van der Waals surface area contributed by atoms with Gasteiger partial charge in [0.15, 0.2) is 0 Å². The molecular formula is C11H22ClN3O2. The Labute approximate surface area is 109 Å². The number of amides is 2. The number of hydrogen-bond acceptors (Lipinski definition) is 3. The van der Waals surface area contributed by atoms with Crippen LogP contribution < -0.4 is 11.1 Å². The normalized spacial score (nSPS) is 20.6. The van der Waals surface area contributed by atoms with Gasteiger partial charge in [-0.3, -0.25) is 9.59 Å². The molecule has 2 atom stereocenters. The van der Waals surface area contributed by atoms with Crippen molar-refractivity contribution in [2.24, 2.45) is 5.73 Å². The summed E-state index contributed by atoms with van der Waals surface area (Å²) < 4.78 is 0. The Balaban J connectivity index is 0.00000256. The van der Waals surface area contributed by atoms with E-state index in [0.29, 0.717) is 19.4 Å². The van der Waals surface area contributed by atoms with Crippen LogP contribution in [0.5, 0.6) is 0 Å². The van der Waals surface area contributed by atoms with Gasteiger partial charge in [-0.15, -0.1) is 12.4 Å². The highest BCUT2D eigenvalue weighted by Crippen LogP contribution is 2.10. The molecule has 17 heavy (non-hydrogen) atoms. The molecule has 0 saturated carbocycles. The predicted octanol–water partition coefficient (Wildman–Crippen LogP) is 0.273. The Morgan fingerprint density at radius 1 is 1.53 bits per heavy atom. The number of nitrogens with zero attached hydrogens (tertiary/aromatic N) is 1. The van der Waals surface area contributed by atoms with Crippen molar-refractivity contribution in [3.63, 3.8) is 0 Å². The molecule has 2 amide bonds. The number of nitrogens with one attached hydrogen (secondary N) is 1. The summed E-state index contributed by atoms with van der Waals surface area (Å²) in [5.41, 5.74) is 5.54. The molecule has 6 heteroatoms. The second-order valence-corrected chi connectivity index (χ2v) is 4.43. The minimum atomic E-state index is -0.116. The quantitative estimate of drug-likeness (QED) is 0.765. The molecule has 5 nitrogen and oxygen atoms in total. The maximum absolute atomic E-state index is 11.5. The van der Waals surface area contributed by atoms with Gasteiger partial charge in [0, 0.05) is 38.0 Å². The molecule has 0 spiro atoms. The average molecular weight is 264 g/mol. The summed E-state index contributed by atoms with van der Waals surface area (Å²) >= 11 is 0. The van der Waals surface area contributed by atoms with E-state index in [0.717, 1.165) is 13.0 Å². The molecule has 0 aromatic heterocycles. The van der Waals surface area contributed by atoms with Crippen molar-refractivity contribution in [3.8, 4) is 0 Å². The Morgan fingerprint density at radius 3 is 2.71 bits per heavy atom. The van der Waals surface area contributed by atoms with E-state index in [2.05, 4.69) is 5.32 Å². The number of rotatable bonds is 4. The number of carbonyl (C=O) groups is 2. The SMILES string of the molecule is CCC(=O)N1CCC(NC(=O)CC(C)N)C1.Cl. The monoisotopic (exact) mass is 263 g/mol. The van der Waals surface area contributed by atoms with Gasteiger partial charge in [-0.2, -0.15) is 0 Å². The van der Waals surface area contributed by atoms with Crippen molar-refractivity contribution in [1.82, 2.24) is 10.2 Å². The standard InChI is InChI=1S/C11H21N3O2.ClH/c1-3-11(16)14-5-4-9(7-14)13-10(15)6-8(2)12;/h8-9H,3-7,12H2,1-2H3,(H,13,15);1H. The molecule has 0 aromatic carbocycles. The molecule has 0 bridgehead atoms. The summed E-state index contributed by atoms with van der Waals surface area (Å²) in [5.74, 6) is 0.134. The molecule has 3 N–H and O–H groups in total. The van der Waals surface area contributed by atoms with Crippen LogP contribution in [-0.2, 0) is 9.59 Å². The van der Waals surface area contributed by atoms with Crippen molar-refractivity contribution >= 4 is 24.2 Å². The van der Waals surface area contributed by atoms with E-state index in [-0.39, 0.29) is 36.3 Å². The summed E-state index contributed by atoms with van der Waals surface area (Å²) in [6.45, 7) is 5.04. The smallest absolute Gasteiger partial charge is 0.222 e.